The Balaban J connectivity index is 0.00000112. The minimum Gasteiger partial charge on any atom is -0.545 e. The van der Waals surface area contributed by atoms with Gasteiger partial charge in [0.25, 0.3) is 0 Å². The zero-order valence-electron chi connectivity index (χ0n) is 8.01. The van der Waals surface area contributed by atoms with E-state index >= 15 is 0 Å². The average molecular weight is 212 g/mol. The van der Waals surface area contributed by atoms with Gasteiger partial charge in [-0.2, -0.15) is 0 Å². The summed E-state index contributed by atoms with van der Waals surface area (Å²) in [5.74, 6) is -1.16. The Morgan fingerprint density at radius 1 is 1.33 bits per heavy atom. The second kappa shape index (κ2) is 5.08. The molecule has 0 atom stereocenters. The predicted molar refractivity (Wildman–Crippen MR) is 49.7 cm³/mol. The zero-order chi connectivity index (χ0) is 9.97. The van der Waals surface area contributed by atoms with E-state index in [2.05, 4.69) is 9.97 Å². The summed E-state index contributed by atoms with van der Waals surface area (Å²) in [7, 11) is 0. The average Bonchev–Trinajstić information content (AvgIpc) is 2.68. The Bertz CT molecular complexity index is 458. The number of nitrogens with zero attached hydrogens (tertiary/aromatic N) is 2. The van der Waals surface area contributed by atoms with Crippen molar-refractivity contribution in [3.63, 3.8) is 0 Å². The first-order valence-electron chi connectivity index (χ1n) is 3.82. The van der Waals surface area contributed by atoms with Crippen molar-refractivity contribution in [3.8, 4) is 10.4 Å². The van der Waals surface area contributed by atoms with Crippen LogP contribution in [0.2, 0.25) is 0 Å². The molecule has 70 valence electrons. The van der Waals surface area contributed by atoms with Crippen LogP contribution in [0.15, 0.2) is 30.2 Å². The maximum Gasteiger partial charge on any atom is 1.00 e. The third-order valence-corrected chi connectivity index (χ3v) is 2.66. The summed E-state index contributed by atoms with van der Waals surface area (Å²) in [6, 6.07) is 1.55. The van der Waals surface area contributed by atoms with Gasteiger partial charge in [0, 0.05) is 33.8 Å². The van der Waals surface area contributed by atoms with Gasteiger partial charge in [-0.1, -0.05) is 0 Å². The molecular formula is C9H5LiN2O2S. The van der Waals surface area contributed by atoms with Gasteiger partial charge in [0.15, 0.2) is 0 Å². The summed E-state index contributed by atoms with van der Waals surface area (Å²) in [6.07, 6.45) is 4.70. The minimum atomic E-state index is -1.16. The van der Waals surface area contributed by atoms with Crippen LogP contribution in [0.1, 0.15) is 10.4 Å². The normalized spacial score (nSPS) is 9.33. The van der Waals surface area contributed by atoms with Crippen molar-refractivity contribution in [2.24, 2.45) is 0 Å². The van der Waals surface area contributed by atoms with Crippen molar-refractivity contribution in [2.75, 3.05) is 0 Å². The summed E-state index contributed by atoms with van der Waals surface area (Å²) in [4.78, 5) is 19.0. The number of hydrogen-bond acceptors (Lipinski definition) is 5. The monoisotopic (exact) mass is 212 g/mol. The molecule has 0 unspecified atom stereocenters. The minimum absolute atomic E-state index is 0. The molecule has 0 fully saturated rings. The molecule has 2 aromatic heterocycles. The molecule has 6 heteroatoms. The summed E-state index contributed by atoms with van der Waals surface area (Å²) in [6.45, 7) is 0. The van der Waals surface area contributed by atoms with E-state index in [0.29, 0.717) is 0 Å². The van der Waals surface area contributed by atoms with Gasteiger partial charge in [-0.3, -0.25) is 0 Å². The number of carboxylic acid groups (broad SMARTS) is 1. The molecule has 15 heavy (non-hydrogen) atoms. The van der Waals surface area contributed by atoms with Crippen LogP contribution in [0.4, 0.5) is 0 Å². The number of carbonyl (C=O) groups excluding carboxylic acids is 1. The van der Waals surface area contributed by atoms with E-state index in [0.717, 1.165) is 10.4 Å². The molecule has 0 spiro atoms. The van der Waals surface area contributed by atoms with Crippen LogP contribution in [-0.4, -0.2) is 15.9 Å². The number of aromatic carboxylic acids is 1. The van der Waals surface area contributed by atoms with E-state index in [9.17, 15) is 9.90 Å². The van der Waals surface area contributed by atoms with Gasteiger partial charge < -0.3 is 9.90 Å². The molecule has 0 aliphatic heterocycles. The third kappa shape index (κ3) is 2.66. The molecular weight excluding hydrogens is 207 g/mol. The molecule has 0 aliphatic rings. The van der Waals surface area contributed by atoms with Crippen molar-refractivity contribution in [2.45, 2.75) is 0 Å². The summed E-state index contributed by atoms with van der Waals surface area (Å²) in [5.41, 5.74) is 0.999. The van der Waals surface area contributed by atoms with Crippen LogP contribution >= 0.6 is 11.3 Å². The first-order valence-corrected chi connectivity index (χ1v) is 4.70. The summed E-state index contributed by atoms with van der Waals surface area (Å²) in [5, 5.41) is 12.0. The van der Waals surface area contributed by atoms with E-state index in [-0.39, 0.29) is 24.4 Å². The van der Waals surface area contributed by atoms with Crippen molar-refractivity contribution in [1.82, 2.24) is 9.97 Å². The smallest absolute Gasteiger partial charge is 0.545 e. The Morgan fingerprint density at radius 2 is 2.00 bits per heavy atom. The molecule has 0 aromatic carbocycles. The van der Waals surface area contributed by atoms with Crippen molar-refractivity contribution in [1.29, 1.82) is 0 Å². The molecule has 0 bridgehead atoms. The molecule has 0 saturated heterocycles. The molecule has 2 rings (SSSR count). The largest absolute Gasteiger partial charge is 1.00 e. The first-order chi connectivity index (χ1) is 6.77. The second-order valence-electron chi connectivity index (χ2n) is 2.61. The number of rotatable bonds is 2. The van der Waals surface area contributed by atoms with Gasteiger partial charge in [-0.25, -0.2) is 9.97 Å². The quantitative estimate of drug-likeness (QED) is 0.519. The van der Waals surface area contributed by atoms with E-state index in [4.69, 9.17) is 0 Å². The fourth-order valence-electron chi connectivity index (χ4n) is 1.02. The van der Waals surface area contributed by atoms with Gasteiger partial charge in [0.05, 0.1) is 5.97 Å². The molecule has 2 heterocycles. The summed E-state index contributed by atoms with van der Waals surface area (Å²) >= 11 is 1.33. The third-order valence-electron chi connectivity index (χ3n) is 1.68. The molecule has 0 saturated carbocycles. The van der Waals surface area contributed by atoms with E-state index in [1.54, 1.807) is 18.5 Å². The summed E-state index contributed by atoms with van der Waals surface area (Å²) < 4.78 is 0. The fraction of sp³-hybridized carbons (Fsp3) is 0. The van der Waals surface area contributed by atoms with E-state index < -0.39 is 5.97 Å². The predicted octanol–water partition coefficient (Wildman–Crippen LogP) is -2.43. The standard InChI is InChI=1S/C9H6N2O2S.Li/c12-9(13)6-1-8(14-4-6)7-2-10-5-11-3-7;/h1-5H,(H,12,13);/q;+1/p-1. The van der Waals surface area contributed by atoms with Crippen LogP contribution in [0.5, 0.6) is 0 Å². The number of thiophene rings is 1. The van der Waals surface area contributed by atoms with Gasteiger partial charge in [0.2, 0.25) is 0 Å². The maximum absolute atomic E-state index is 10.5. The Labute approximate surface area is 102 Å². The maximum atomic E-state index is 10.5. The zero-order valence-corrected chi connectivity index (χ0v) is 8.82. The topological polar surface area (TPSA) is 65.9 Å². The van der Waals surface area contributed by atoms with Crippen LogP contribution in [0.3, 0.4) is 0 Å². The second-order valence-corrected chi connectivity index (χ2v) is 3.53. The molecule has 0 radical (unpaired) electrons. The van der Waals surface area contributed by atoms with Crippen molar-refractivity contribution in [3.05, 3.63) is 35.7 Å². The van der Waals surface area contributed by atoms with Crippen LogP contribution in [0.25, 0.3) is 10.4 Å². The number of carboxylic acids is 1. The Morgan fingerprint density at radius 3 is 2.53 bits per heavy atom. The Hall–Kier alpha value is -1.15. The molecule has 0 aliphatic carbocycles. The first kappa shape index (κ1) is 11.9. The van der Waals surface area contributed by atoms with E-state index in [1.165, 1.54) is 23.0 Å². The van der Waals surface area contributed by atoms with Crippen LogP contribution in [-0.2, 0) is 0 Å². The van der Waals surface area contributed by atoms with Gasteiger partial charge in [0.1, 0.15) is 6.33 Å². The van der Waals surface area contributed by atoms with Crippen molar-refractivity contribution < 1.29 is 28.8 Å². The fourth-order valence-corrected chi connectivity index (χ4v) is 1.88. The van der Waals surface area contributed by atoms with Gasteiger partial charge in [-0.05, 0) is 6.07 Å². The number of hydrogen-bond donors (Lipinski definition) is 0. The molecule has 2 aromatic rings. The van der Waals surface area contributed by atoms with E-state index in [1.807, 2.05) is 0 Å². The number of aromatic nitrogens is 2. The SMILES string of the molecule is O=C([O-])c1csc(-c2cncnc2)c1.[Li+]. The van der Waals surface area contributed by atoms with Gasteiger partial charge in [-0.15, -0.1) is 11.3 Å². The number of carbonyl (C=O) groups is 1. The molecule has 4 nitrogen and oxygen atoms in total. The molecule has 0 N–H and O–H groups in total. The molecule has 0 amide bonds. The van der Waals surface area contributed by atoms with Crippen LogP contribution < -0.4 is 24.0 Å². The Kier molecular flexibility index (Phi) is 4.03. The van der Waals surface area contributed by atoms with Crippen LogP contribution in [0, 0.1) is 0 Å². The van der Waals surface area contributed by atoms with Crippen molar-refractivity contribution >= 4 is 17.3 Å². The van der Waals surface area contributed by atoms with Gasteiger partial charge >= 0.3 is 18.9 Å².